The Hall–Kier alpha value is -3.87. The Morgan fingerprint density at radius 2 is 1.79 bits per heavy atom. The number of ether oxygens (including phenoxy) is 2. The third kappa shape index (κ3) is 4.64. The summed E-state index contributed by atoms with van der Waals surface area (Å²) in [5.41, 5.74) is 9.32. The molecule has 6 nitrogen and oxygen atoms in total. The van der Waals surface area contributed by atoms with Gasteiger partial charge in [-0.2, -0.15) is 0 Å². The van der Waals surface area contributed by atoms with E-state index in [1.54, 1.807) is 13.2 Å². The van der Waals surface area contributed by atoms with E-state index in [0.29, 0.717) is 55.0 Å². The lowest BCUT2D eigenvalue weighted by Gasteiger charge is -2.34. The highest BCUT2D eigenvalue weighted by Gasteiger charge is 2.30. The summed E-state index contributed by atoms with van der Waals surface area (Å²) in [7, 11) is 1.61. The van der Waals surface area contributed by atoms with E-state index in [9.17, 15) is 14.7 Å². The number of fused-ring (bicyclic) bond motifs is 2. The lowest BCUT2D eigenvalue weighted by atomic mass is 9.79. The first-order chi connectivity index (χ1) is 18.6. The van der Waals surface area contributed by atoms with Gasteiger partial charge in [-0.1, -0.05) is 0 Å². The fourth-order valence-electron chi connectivity index (χ4n) is 6.29. The molecule has 3 aromatic carbocycles. The van der Waals surface area contributed by atoms with Crippen LogP contribution in [0.4, 0.5) is 4.39 Å². The minimum absolute atomic E-state index is 0.0622. The number of hydrogen-bond donors (Lipinski definition) is 1. The molecule has 2 aliphatic heterocycles. The topological polar surface area (TPSA) is 76.1 Å². The first-order valence-electron chi connectivity index (χ1n) is 13.4. The predicted molar refractivity (Wildman–Crippen MR) is 147 cm³/mol. The summed E-state index contributed by atoms with van der Waals surface area (Å²) < 4.78 is 26.3. The van der Waals surface area contributed by atoms with Gasteiger partial charge in [0.1, 0.15) is 5.75 Å². The largest absolute Gasteiger partial charge is 0.496 e. The van der Waals surface area contributed by atoms with Gasteiger partial charge in [-0.3, -0.25) is 9.59 Å². The summed E-state index contributed by atoms with van der Waals surface area (Å²) >= 11 is 0. The molecule has 1 N–H and O–H groups in total. The molecule has 0 radical (unpaired) electrons. The van der Waals surface area contributed by atoms with E-state index in [4.69, 9.17) is 9.47 Å². The molecule has 0 spiro atoms. The molecule has 0 saturated carbocycles. The summed E-state index contributed by atoms with van der Waals surface area (Å²) in [5, 5.41) is 9.82. The maximum atomic E-state index is 15.3. The van der Waals surface area contributed by atoms with Crippen molar-refractivity contribution in [3.05, 3.63) is 80.2 Å². The van der Waals surface area contributed by atoms with E-state index in [-0.39, 0.29) is 12.3 Å². The second-order valence-corrected chi connectivity index (χ2v) is 10.6. The number of aryl methyl sites for hydroxylation is 1. The zero-order valence-corrected chi connectivity index (χ0v) is 23.2. The van der Waals surface area contributed by atoms with E-state index in [1.807, 2.05) is 44.7 Å². The molecule has 204 valence electrons. The molecule has 2 aliphatic rings. The number of amides is 1. The van der Waals surface area contributed by atoms with Crippen molar-refractivity contribution in [2.24, 2.45) is 0 Å². The maximum absolute atomic E-state index is 15.3. The zero-order valence-electron chi connectivity index (χ0n) is 23.2. The van der Waals surface area contributed by atoms with Crippen molar-refractivity contribution in [3.8, 4) is 22.6 Å². The molecule has 39 heavy (non-hydrogen) atoms. The number of methoxy groups -OCH3 is 1. The minimum atomic E-state index is -0.930. The molecule has 0 aromatic heterocycles. The van der Waals surface area contributed by atoms with Crippen molar-refractivity contribution in [2.45, 2.75) is 59.9 Å². The van der Waals surface area contributed by atoms with Gasteiger partial charge in [-0.05, 0) is 121 Å². The molecule has 0 aliphatic carbocycles. The Morgan fingerprint density at radius 1 is 1.03 bits per heavy atom. The number of carbonyl (C=O) groups excluding carboxylic acids is 1. The van der Waals surface area contributed by atoms with E-state index in [0.717, 1.165) is 56.7 Å². The predicted octanol–water partition coefficient (Wildman–Crippen LogP) is 5.89. The van der Waals surface area contributed by atoms with Gasteiger partial charge in [-0.15, -0.1) is 0 Å². The van der Waals surface area contributed by atoms with Gasteiger partial charge in [-0.25, -0.2) is 4.39 Å². The summed E-state index contributed by atoms with van der Waals surface area (Å²) in [6.45, 7) is 9.23. The second-order valence-electron chi connectivity index (χ2n) is 10.6. The first-order valence-corrected chi connectivity index (χ1v) is 13.4. The highest BCUT2D eigenvalue weighted by molar-refractivity contribution is 5.95. The average Bonchev–Trinajstić information content (AvgIpc) is 2.93. The smallest absolute Gasteiger partial charge is 0.307 e. The standard InChI is InChI=1S/C32H34FNO5/c1-17-13-21(8-9-28(17)38-5)32(37)34-11-10-22-18(2)25(15-29(35)36)30(20(4)26(22)16-34)24-14-27(33)31-23(19(24)3)7-6-12-39-31/h8-9,13-14H,6-7,10-12,15-16H2,1-5H3,(H,35,36). The van der Waals surface area contributed by atoms with Crippen LogP contribution in [0.3, 0.4) is 0 Å². The van der Waals surface area contributed by atoms with E-state index < -0.39 is 11.8 Å². The third-order valence-corrected chi connectivity index (χ3v) is 8.34. The van der Waals surface area contributed by atoms with Gasteiger partial charge in [0.15, 0.2) is 11.6 Å². The normalized spacial score (nSPS) is 14.4. The SMILES string of the molecule is COc1ccc(C(=O)N2CCc3c(C)c(CC(=O)O)c(-c4cc(F)c5c(c4C)CCCO5)c(C)c3C2)cc1C. The van der Waals surface area contributed by atoms with Crippen LogP contribution >= 0.6 is 0 Å². The number of nitrogens with zero attached hydrogens (tertiary/aromatic N) is 1. The van der Waals surface area contributed by atoms with Crippen LogP contribution in [0.15, 0.2) is 24.3 Å². The fraction of sp³-hybridized carbons (Fsp3) is 0.375. The van der Waals surface area contributed by atoms with Crippen LogP contribution in [-0.4, -0.2) is 42.1 Å². The average molecular weight is 532 g/mol. The molecule has 7 heteroatoms. The Morgan fingerprint density at radius 3 is 2.49 bits per heavy atom. The molecular weight excluding hydrogens is 497 g/mol. The Kier molecular flexibility index (Phi) is 7.10. The number of rotatable bonds is 5. The molecule has 0 bridgehead atoms. The van der Waals surface area contributed by atoms with Gasteiger partial charge < -0.3 is 19.5 Å². The van der Waals surface area contributed by atoms with Crippen LogP contribution in [0.5, 0.6) is 11.5 Å². The molecule has 0 atom stereocenters. The Balaban J connectivity index is 1.63. The van der Waals surface area contributed by atoms with Crippen LogP contribution in [0.2, 0.25) is 0 Å². The van der Waals surface area contributed by atoms with Crippen molar-refractivity contribution in [3.63, 3.8) is 0 Å². The molecule has 0 unspecified atom stereocenters. The van der Waals surface area contributed by atoms with Crippen molar-refractivity contribution in [1.29, 1.82) is 0 Å². The number of halogens is 1. The van der Waals surface area contributed by atoms with Crippen molar-refractivity contribution in [1.82, 2.24) is 4.90 Å². The monoisotopic (exact) mass is 531 g/mol. The molecule has 5 rings (SSSR count). The number of benzene rings is 3. The van der Waals surface area contributed by atoms with Gasteiger partial charge >= 0.3 is 5.97 Å². The van der Waals surface area contributed by atoms with Crippen molar-refractivity contribution in [2.75, 3.05) is 20.3 Å². The lowest BCUT2D eigenvalue weighted by molar-refractivity contribution is -0.136. The van der Waals surface area contributed by atoms with E-state index in [1.165, 1.54) is 6.07 Å². The van der Waals surface area contributed by atoms with Crippen LogP contribution in [0.25, 0.3) is 11.1 Å². The molecule has 3 aromatic rings. The Bertz CT molecular complexity index is 1510. The summed E-state index contributed by atoms with van der Waals surface area (Å²) in [6, 6.07) is 6.93. The van der Waals surface area contributed by atoms with Crippen molar-refractivity contribution < 1.29 is 28.6 Å². The molecule has 1 amide bonds. The summed E-state index contributed by atoms with van der Waals surface area (Å²) in [6.07, 6.45) is 1.99. The van der Waals surface area contributed by atoms with E-state index >= 15 is 4.39 Å². The summed E-state index contributed by atoms with van der Waals surface area (Å²) in [4.78, 5) is 27.4. The van der Waals surface area contributed by atoms with Gasteiger partial charge in [0, 0.05) is 24.2 Å². The summed E-state index contributed by atoms with van der Waals surface area (Å²) in [5.74, 6) is -0.377. The zero-order chi connectivity index (χ0) is 28.0. The van der Waals surface area contributed by atoms with E-state index in [2.05, 4.69) is 0 Å². The molecule has 0 saturated heterocycles. The maximum Gasteiger partial charge on any atom is 0.307 e. The van der Waals surface area contributed by atoms with Crippen LogP contribution < -0.4 is 9.47 Å². The van der Waals surface area contributed by atoms with Crippen LogP contribution in [0.1, 0.15) is 61.3 Å². The number of hydrogen-bond acceptors (Lipinski definition) is 4. The second kappa shape index (κ2) is 10.4. The van der Waals surface area contributed by atoms with Gasteiger partial charge in [0.25, 0.3) is 5.91 Å². The highest BCUT2D eigenvalue weighted by Crippen LogP contribution is 2.43. The number of aliphatic carboxylic acids is 1. The van der Waals surface area contributed by atoms with Crippen LogP contribution in [-0.2, 0) is 30.6 Å². The first kappa shape index (κ1) is 26.7. The lowest BCUT2D eigenvalue weighted by Crippen LogP contribution is -2.37. The third-order valence-electron chi connectivity index (χ3n) is 8.34. The van der Waals surface area contributed by atoms with Crippen molar-refractivity contribution >= 4 is 11.9 Å². The quantitative estimate of drug-likeness (QED) is 0.445. The Labute approximate surface area is 228 Å². The van der Waals surface area contributed by atoms with Gasteiger partial charge in [0.2, 0.25) is 0 Å². The van der Waals surface area contributed by atoms with Crippen LogP contribution in [0, 0.1) is 33.5 Å². The number of carbonyl (C=O) groups is 2. The molecule has 0 fully saturated rings. The number of carboxylic acids is 1. The molecular formula is C32H34FNO5. The van der Waals surface area contributed by atoms with Gasteiger partial charge in [0.05, 0.1) is 20.1 Å². The number of carboxylic acid groups (broad SMARTS) is 1. The minimum Gasteiger partial charge on any atom is -0.496 e. The molecule has 2 heterocycles. The fourth-order valence-corrected chi connectivity index (χ4v) is 6.29. The highest BCUT2D eigenvalue weighted by atomic mass is 19.1.